The molecule has 1 saturated heterocycles. The van der Waals surface area contributed by atoms with Gasteiger partial charge < -0.3 is 35.8 Å². The van der Waals surface area contributed by atoms with Crippen LogP contribution in [0.2, 0.25) is 0 Å². The fourth-order valence-corrected chi connectivity index (χ4v) is 1.71. The minimum Gasteiger partial charge on any atom is -0.394 e. The molecule has 0 aliphatic carbocycles. The van der Waals surface area contributed by atoms with Crippen LogP contribution in [-0.4, -0.2) is 76.1 Å². The van der Waals surface area contributed by atoms with Crippen LogP contribution in [0.15, 0.2) is 0 Å². The van der Waals surface area contributed by atoms with Crippen LogP contribution in [0.4, 0.5) is 4.79 Å². The number of aliphatic hydroxyl groups excluding tert-OH is 4. The second-order valence-electron chi connectivity index (χ2n) is 3.84. The van der Waals surface area contributed by atoms with E-state index in [-0.39, 0.29) is 12.4 Å². The van der Waals surface area contributed by atoms with Crippen LogP contribution in [0.3, 0.4) is 0 Å². The van der Waals surface area contributed by atoms with E-state index in [0.717, 1.165) is 0 Å². The maximum atomic E-state index is 11.3. The van der Waals surface area contributed by atoms with Crippen molar-refractivity contribution in [3.8, 4) is 0 Å². The molecule has 0 aromatic carbocycles. The Kier molecular flexibility index (Phi) is 6.06. The highest BCUT2D eigenvalue weighted by Gasteiger charge is 2.44. The zero-order chi connectivity index (χ0) is 13.7. The van der Waals surface area contributed by atoms with Gasteiger partial charge in [0.25, 0.3) is 0 Å². The highest BCUT2D eigenvalue weighted by atomic mass is 35.5. The Balaban J connectivity index is 2.57. The molecule has 0 radical (unpaired) electrons. The Morgan fingerprint density at radius 2 is 1.94 bits per heavy atom. The van der Waals surface area contributed by atoms with Crippen molar-refractivity contribution in [3.63, 3.8) is 0 Å². The van der Waals surface area contributed by atoms with Crippen LogP contribution < -0.4 is 10.6 Å². The molecule has 1 aliphatic rings. The molecule has 0 bridgehead atoms. The molecule has 0 aromatic heterocycles. The molecule has 5 atom stereocenters. The summed E-state index contributed by atoms with van der Waals surface area (Å²) >= 11 is 5.37. The molecule has 1 rings (SSSR count). The van der Waals surface area contributed by atoms with Crippen LogP contribution in [0.1, 0.15) is 0 Å². The smallest absolute Gasteiger partial charge is 0.315 e. The van der Waals surface area contributed by atoms with E-state index in [9.17, 15) is 20.1 Å². The SMILES string of the molecule is O=C(NCCCl)N[C@@H]1[C@H](O)[C@H](O)[C@H](CO)O[C@@H]1O. The van der Waals surface area contributed by atoms with Crippen molar-refractivity contribution in [3.05, 3.63) is 0 Å². The molecule has 0 aromatic rings. The molecule has 0 unspecified atom stereocenters. The van der Waals surface area contributed by atoms with Crippen LogP contribution in [0, 0.1) is 0 Å². The van der Waals surface area contributed by atoms with Crippen LogP contribution in [0.5, 0.6) is 0 Å². The Morgan fingerprint density at radius 3 is 2.50 bits per heavy atom. The largest absolute Gasteiger partial charge is 0.394 e. The molecule has 2 amide bonds. The van der Waals surface area contributed by atoms with Gasteiger partial charge in [0.15, 0.2) is 6.29 Å². The molecule has 8 nitrogen and oxygen atoms in total. The third kappa shape index (κ3) is 3.67. The van der Waals surface area contributed by atoms with Crippen molar-refractivity contribution >= 4 is 17.6 Å². The first-order chi connectivity index (χ1) is 8.51. The predicted molar refractivity (Wildman–Crippen MR) is 61.0 cm³/mol. The predicted octanol–water partition coefficient (Wildman–Crippen LogP) is -2.68. The number of carbonyl (C=O) groups excluding carboxylic acids is 1. The minimum atomic E-state index is -1.53. The van der Waals surface area contributed by atoms with Gasteiger partial charge in [0.05, 0.1) is 6.61 Å². The number of alkyl halides is 1. The molecule has 9 heteroatoms. The topological polar surface area (TPSA) is 131 Å². The first kappa shape index (κ1) is 15.4. The summed E-state index contributed by atoms with van der Waals surface area (Å²) < 4.78 is 4.86. The van der Waals surface area contributed by atoms with Crippen LogP contribution in [0.25, 0.3) is 0 Å². The molecule has 18 heavy (non-hydrogen) atoms. The van der Waals surface area contributed by atoms with Crippen molar-refractivity contribution in [2.75, 3.05) is 19.0 Å². The van der Waals surface area contributed by atoms with Crippen molar-refractivity contribution in [1.82, 2.24) is 10.6 Å². The van der Waals surface area contributed by atoms with Gasteiger partial charge in [0.1, 0.15) is 24.4 Å². The third-order valence-corrected chi connectivity index (χ3v) is 2.77. The summed E-state index contributed by atoms with van der Waals surface area (Å²) in [5.74, 6) is 0.217. The third-order valence-electron chi connectivity index (χ3n) is 2.58. The number of rotatable bonds is 4. The van der Waals surface area contributed by atoms with E-state index in [1.807, 2.05) is 0 Å². The Hall–Kier alpha value is -0.640. The summed E-state index contributed by atoms with van der Waals surface area (Å²) in [6.45, 7) is -0.338. The molecule has 1 fully saturated rings. The molecular weight excluding hydrogens is 268 g/mol. The number of nitrogens with one attached hydrogen (secondary N) is 2. The number of hydrogen-bond acceptors (Lipinski definition) is 6. The Morgan fingerprint density at radius 1 is 1.28 bits per heavy atom. The van der Waals surface area contributed by atoms with E-state index >= 15 is 0 Å². The minimum absolute atomic E-state index is 0.217. The molecule has 1 heterocycles. The van der Waals surface area contributed by atoms with Gasteiger partial charge in [-0.2, -0.15) is 0 Å². The molecular formula is C9H17ClN2O6. The number of ether oxygens (including phenoxy) is 1. The zero-order valence-corrected chi connectivity index (χ0v) is 10.2. The van der Waals surface area contributed by atoms with Crippen molar-refractivity contribution < 1.29 is 30.0 Å². The van der Waals surface area contributed by atoms with Gasteiger partial charge in [0, 0.05) is 12.4 Å². The normalized spacial score (nSPS) is 36.2. The first-order valence-electron chi connectivity index (χ1n) is 5.42. The lowest BCUT2D eigenvalue weighted by atomic mass is 9.97. The van der Waals surface area contributed by atoms with Gasteiger partial charge in [0.2, 0.25) is 0 Å². The molecule has 0 saturated carbocycles. The van der Waals surface area contributed by atoms with Gasteiger partial charge in [-0.15, -0.1) is 11.6 Å². The van der Waals surface area contributed by atoms with Gasteiger partial charge in [-0.1, -0.05) is 0 Å². The van der Waals surface area contributed by atoms with Crippen LogP contribution in [-0.2, 0) is 4.74 Å². The lowest BCUT2D eigenvalue weighted by Gasteiger charge is -2.40. The number of aliphatic hydroxyl groups is 4. The van der Waals surface area contributed by atoms with E-state index in [1.165, 1.54) is 0 Å². The number of halogens is 1. The Labute approximate surface area is 109 Å². The zero-order valence-electron chi connectivity index (χ0n) is 9.49. The second-order valence-corrected chi connectivity index (χ2v) is 4.22. The number of amides is 2. The first-order valence-corrected chi connectivity index (χ1v) is 5.95. The highest BCUT2D eigenvalue weighted by molar-refractivity contribution is 6.18. The molecule has 6 N–H and O–H groups in total. The fourth-order valence-electron chi connectivity index (χ4n) is 1.62. The quantitative estimate of drug-likeness (QED) is 0.312. The number of urea groups is 1. The maximum absolute atomic E-state index is 11.3. The summed E-state index contributed by atoms with van der Waals surface area (Å²) in [6.07, 6.45) is -5.48. The molecule has 1 aliphatic heterocycles. The van der Waals surface area contributed by atoms with Crippen molar-refractivity contribution in [2.24, 2.45) is 0 Å². The number of carbonyl (C=O) groups is 1. The average Bonchev–Trinajstić information content (AvgIpc) is 2.36. The van der Waals surface area contributed by atoms with E-state index in [2.05, 4.69) is 10.6 Å². The van der Waals surface area contributed by atoms with Gasteiger partial charge >= 0.3 is 6.03 Å². The summed E-state index contributed by atoms with van der Waals surface area (Å²) in [5.41, 5.74) is 0. The summed E-state index contributed by atoms with van der Waals surface area (Å²) in [6, 6.07) is -1.85. The van der Waals surface area contributed by atoms with Crippen molar-refractivity contribution in [2.45, 2.75) is 30.6 Å². The Bertz CT molecular complexity index is 282. The molecule has 0 spiro atoms. The van der Waals surface area contributed by atoms with Crippen molar-refractivity contribution in [1.29, 1.82) is 0 Å². The molecule has 106 valence electrons. The monoisotopic (exact) mass is 284 g/mol. The maximum Gasteiger partial charge on any atom is 0.315 e. The van der Waals surface area contributed by atoms with E-state index in [1.54, 1.807) is 0 Å². The lowest BCUT2D eigenvalue weighted by Crippen LogP contribution is -2.65. The standard InChI is InChI=1S/C9H17ClN2O6/c10-1-2-11-9(17)12-5-7(15)6(14)4(3-13)18-8(5)16/h4-8,13-16H,1-3H2,(H2,11,12,17)/t4-,5+,6+,7-,8-/m0/s1. The van der Waals surface area contributed by atoms with Crippen LogP contribution >= 0.6 is 11.6 Å². The van der Waals surface area contributed by atoms with Gasteiger partial charge in [-0.05, 0) is 0 Å². The van der Waals surface area contributed by atoms with Gasteiger partial charge in [-0.25, -0.2) is 4.79 Å². The van der Waals surface area contributed by atoms with E-state index in [0.29, 0.717) is 0 Å². The van der Waals surface area contributed by atoms with Gasteiger partial charge in [-0.3, -0.25) is 0 Å². The lowest BCUT2D eigenvalue weighted by molar-refractivity contribution is -0.252. The fraction of sp³-hybridized carbons (Fsp3) is 0.889. The van der Waals surface area contributed by atoms with E-state index in [4.69, 9.17) is 21.4 Å². The number of hydrogen-bond donors (Lipinski definition) is 6. The highest BCUT2D eigenvalue weighted by Crippen LogP contribution is 2.19. The average molecular weight is 285 g/mol. The summed E-state index contributed by atoms with van der Waals surface area (Å²) in [4.78, 5) is 11.3. The summed E-state index contributed by atoms with van der Waals surface area (Å²) in [5, 5.41) is 42.3. The summed E-state index contributed by atoms with van der Waals surface area (Å²) in [7, 11) is 0. The second kappa shape index (κ2) is 7.07. The van der Waals surface area contributed by atoms with E-state index < -0.39 is 43.3 Å².